The first kappa shape index (κ1) is 103. The minimum atomic E-state index is -4.97. The molecule has 0 heterocycles. The number of rotatable bonds is 84. The fraction of sp³-hybridized carbons (Fsp3) is 0.953. The third-order valence-corrected chi connectivity index (χ3v) is 22.0. The van der Waals surface area contributed by atoms with Crippen LogP contribution in [0.2, 0.25) is 0 Å². The molecule has 0 saturated carbocycles. The van der Waals surface area contributed by atoms with E-state index in [0.717, 1.165) is 108 Å². The number of phosphoric ester groups is 2. The number of ether oxygens (including phenoxy) is 4. The summed E-state index contributed by atoms with van der Waals surface area (Å²) in [7, 11) is -9.93. The Balaban J connectivity index is 5.23. The SMILES string of the molecule is CCCCCCCCCCCCCCCCCCCCCC(=O)OC[C@H](COP(=O)(O)OC[C@@H](O)COP(=O)(O)OC[C@@H](COC(=O)CCCCCCCCCCC(C)C)OC(=O)CCCCCCCCCCCCCC(C)C)OC(=O)CCCCCCCCCCCCCCCCCCCCC(C)C. The number of carbonyl (C=O) groups excluding carboxylic acids is 4. The number of carbonyl (C=O) groups is 4. The summed E-state index contributed by atoms with van der Waals surface area (Å²) in [4.78, 5) is 73.2. The van der Waals surface area contributed by atoms with Gasteiger partial charge >= 0.3 is 39.5 Å². The maximum atomic E-state index is 13.1. The molecule has 0 aliphatic rings. The second kappa shape index (κ2) is 76.1. The van der Waals surface area contributed by atoms with Crippen LogP contribution in [0.5, 0.6) is 0 Å². The number of hydrogen-bond acceptors (Lipinski definition) is 15. The van der Waals surface area contributed by atoms with Gasteiger partial charge in [-0.3, -0.25) is 37.3 Å². The zero-order valence-electron chi connectivity index (χ0n) is 69.2. The zero-order valence-corrected chi connectivity index (χ0v) is 71.0. The Kier molecular flexibility index (Phi) is 74.7. The molecule has 19 heteroatoms. The molecule has 0 fully saturated rings. The lowest BCUT2D eigenvalue weighted by atomic mass is 10.0. The Hall–Kier alpha value is -1.94. The molecule has 0 aromatic heterocycles. The molecule has 3 N–H and O–H groups in total. The van der Waals surface area contributed by atoms with Crippen molar-refractivity contribution < 1.29 is 80.2 Å². The van der Waals surface area contributed by atoms with E-state index in [1.807, 2.05) is 0 Å². The zero-order chi connectivity index (χ0) is 77.2. The van der Waals surface area contributed by atoms with Crippen LogP contribution in [0, 0.1) is 17.8 Å². The molecule has 0 saturated heterocycles. The van der Waals surface area contributed by atoms with E-state index >= 15 is 0 Å². The number of esters is 4. The van der Waals surface area contributed by atoms with E-state index in [1.165, 1.54) is 263 Å². The summed E-state index contributed by atoms with van der Waals surface area (Å²) < 4.78 is 68.9. The van der Waals surface area contributed by atoms with Crippen LogP contribution in [-0.2, 0) is 65.4 Å². The maximum absolute atomic E-state index is 13.1. The highest BCUT2D eigenvalue weighted by molar-refractivity contribution is 7.47. The molecule has 17 nitrogen and oxygen atoms in total. The number of aliphatic hydroxyl groups is 1. The molecule has 5 atom stereocenters. The maximum Gasteiger partial charge on any atom is 0.472 e. The quantitative estimate of drug-likeness (QED) is 0.0222. The monoisotopic (exact) mass is 1540 g/mol. The van der Waals surface area contributed by atoms with Gasteiger partial charge in [0.2, 0.25) is 0 Å². The van der Waals surface area contributed by atoms with Crippen molar-refractivity contribution in [1.82, 2.24) is 0 Å². The summed E-state index contributed by atoms with van der Waals surface area (Å²) >= 11 is 0. The van der Waals surface area contributed by atoms with Crippen molar-refractivity contribution in [3.05, 3.63) is 0 Å². The summed E-state index contributed by atoms with van der Waals surface area (Å²) in [6.45, 7) is 12.0. The van der Waals surface area contributed by atoms with Crippen LogP contribution >= 0.6 is 15.6 Å². The van der Waals surface area contributed by atoms with Crippen LogP contribution in [0.1, 0.15) is 453 Å². The van der Waals surface area contributed by atoms with Gasteiger partial charge in [-0.05, 0) is 43.4 Å². The molecule has 624 valence electrons. The van der Waals surface area contributed by atoms with Gasteiger partial charge in [0.25, 0.3) is 0 Å². The first-order valence-electron chi connectivity index (χ1n) is 44.3. The summed E-state index contributed by atoms with van der Waals surface area (Å²) in [5, 5.41) is 10.7. The first-order valence-corrected chi connectivity index (χ1v) is 47.3. The Bertz CT molecular complexity index is 2030. The normalized spacial score (nSPS) is 13.9. The fourth-order valence-electron chi connectivity index (χ4n) is 13.4. The van der Waals surface area contributed by atoms with E-state index in [1.54, 1.807) is 0 Å². The molecule has 0 aliphatic carbocycles. The van der Waals surface area contributed by atoms with Gasteiger partial charge in [0, 0.05) is 25.7 Å². The summed E-state index contributed by atoms with van der Waals surface area (Å²) in [6.07, 6.45) is 66.8. The smallest absolute Gasteiger partial charge is 0.462 e. The molecule has 0 rings (SSSR count). The minimum absolute atomic E-state index is 0.106. The summed E-state index contributed by atoms with van der Waals surface area (Å²) in [6, 6.07) is 0. The lowest BCUT2D eigenvalue weighted by Gasteiger charge is -2.21. The van der Waals surface area contributed by atoms with E-state index in [4.69, 9.17) is 37.0 Å². The highest BCUT2D eigenvalue weighted by Gasteiger charge is 2.30. The van der Waals surface area contributed by atoms with Crippen LogP contribution in [-0.4, -0.2) is 96.7 Å². The van der Waals surface area contributed by atoms with Gasteiger partial charge in [-0.25, -0.2) is 9.13 Å². The van der Waals surface area contributed by atoms with Crippen LogP contribution in [0.3, 0.4) is 0 Å². The number of hydrogen-bond donors (Lipinski definition) is 3. The molecule has 0 aliphatic heterocycles. The third-order valence-electron chi connectivity index (χ3n) is 20.1. The second-order valence-corrected chi connectivity index (χ2v) is 35.3. The van der Waals surface area contributed by atoms with Crippen molar-refractivity contribution in [3.63, 3.8) is 0 Å². The van der Waals surface area contributed by atoms with E-state index in [0.29, 0.717) is 25.7 Å². The van der Waals surface area contributed by atoms with Crippen LogP contribution in [0.25, 0.3) is 0 Å². The van der Waals surface area contributed by atoms with Crippen molar-refractivity contribution >= 4 is 39.5 Å². The summed E-state index contributed by atoms with van der Waals surface area (Å²) in [5.41, 5.74) is 0. The highest BCUT2D eigenvalue weighted by atomic mass is 31.2. The molecule has 0 radical (unpaired) electrons. The van der Waals surface area contributed by atoms with Gasteiger partial charge in [-0.2, -0.15) is 0 Å². The predicted octanol–water partition coefficient (Wildman–Crippen LogP) is 26.1. The Labute approximate surface area is 645 Å². The molecule has 0 bridgehead atoms. The van der Waals surface area contributed by atoms with Gasteiger partial charge in [-0.15, -0.1) is 0 Å². The van der Waals surface area contributed by atoms with Gasteiger partial charge in [-0.1, -0.05) is 402 Å². The molecular weight excluding hydrogens is 1370 g/mol. The van der Waals surface area contributed by atoms with E-state index < -0.39 is 97.5 Å². The van der Waals surface area contributed by atoms with Crippen LogP contribution < -0.4 is 0 Å². The van der Waals surface area contributed by atoms with Crippen LogP contribution in [0.15, 0.2) is 0 Å². The Morgan fingerprint density at radius 1 is 0.257 bits per heavy atom. The molecule has 0 aromatic rings. The van der Waals surface area contributed by atoms with Crippen molar-refractivity contribution in [3.8, 4) is 0 Å². The molecule has 105 heavy (non-hydrogen) atoms. The van der Waals surface area contributed by atoms with Gasteiger partial charge < -0.3 is 33.8 Å². The number of unbranched alkanes of at least 4 members (excludes halogenated alkanes) is 52. The molecule has 2 unspecified atom stereocenters. The predicted molar refractivity (Wildman–Crippen MR) is 432 cm³/mol. The lowest BCUT2D eigenvalue weighted by Crippen LogP contribution is -2.30. The van der Waals surface area contributed by atoms with E-state index in [2.05, 4.69) is 48.5 Å². The topological polar surface area (TPSA) is 237 Å². The average Bonchev–Trinajstić information content (AvgIpc) is 0.914. The molecular formula is C86H168O17P2. The second-order valence-electron chi connectivity index (χ2n) is 32.4. The summed E-state index contributed by atoms with van der Waals surface area (Å²) in [5.74, 6) is 0.206. The lowest BCUT2D eigenvalue weighted by molar-refractivity contribution is -0.161. The van der Waals surface area contributed by atoms with Gasteiger partial charge in [0.15, 0.2) is 12.2 Å². The number of phosphoric acid groups is 2. The Morgan fingerprint density at radius 3 is 0.648 bits per heavy atom. The van der Waals surface area contributed by atoms with E-state index in [9.17, 15) is 43.2 Å². The van der Waals surface area contributed by atoms with Crippen molar-refractivity contribution in [2.45, 2.75) is 471 Å². The highest BCUT2D eigenvalue weighted by Crippen LogP contribution is 2.45. The first-order chi connectivity index (χ1) is 50.7. The molecule has 0 aromatic carbocycles. The van der Waals surface area contributed by atoms with Gasteiger partial charge in [0.05, 0.1) is 26.4 Å². The molecule has 0 amide bonds. The fourth-order valence-corrected chi connectivity index (χ4v) is 14.9. The standard InChI is InChI=1S/C86H168O17P2/c1-8-9-10-11-12-13-14-15-16-17-18-22-25-28-33-38-46-53-60-67-83(88)96-73-81(102-85(90)69-62-55-48-39-34-29-26-23-20-19-21-24-27-31-36-43-50-57-64-77(2)3)75-100-104(92,93)98-71-80(87)72-99-105(94,95)101-76-82(74-97-84(89)68-61-54-47-42-41-45-52-59-66-79(6)7)103-86(91)70-63-56-49-40-35-30-32-37-44-51-58-65-78(4)5/h77-82,87H,8-76H2,1-7H3,(H,92,93)(H,94,95)/t80-,81-,82-/m1/s1. The average molecular weight is 1540 g/mol. The van der Waals surface area contributed by atoms with Crippen molar-refractivity contribution in [2.75, 3.05) is 39.6 Å². The van der Waals surface area contributed by atoms with Crippen molar-refractivity contribution in [1.29, 1.82) is 0 Å². The Morgan fingerprint density at radius 2 is 0.438 bits per heavy atom. The van der Waals surface area contributed by atoms with Crippen molar-refractivity contribution in [2.24, 2.45) is 17.8 Å². The largest absolute Gasteiger partial charge is 0.472 e. The molecule has 0 spiro atoms. The minimum Gasteiger partial charge on any atom is -0.462 e. The number of aliphatic hydroxyl groups excluding tert-OH is 1. The third kappa shape index (κ3) is 79.9. The van der Waals surface area contributed by atoms with Crippen LogP contribution in [0.4, 0.5) is 0 Å². The van der Waals surface area contributed by atoms with Gasteiger partial charge in [0.1, 0.15) is 19.3 Å². The van der Waals surface area contributed by atoms with E-state index in [-0.39, 0.29) is 25.7 Å².